The summed E-state index contributed by atoms with van der Waals surface area (Å²) in [5.74, 6) is -0.458. The van der Waals surface area contributed by atoms with E-state index in [2.05, 4.69) is 10.0 Å². The van der Waals surface area contributed by atoms with Crippen LogP contribution in [0.2, 0.25) is 0 Å². The van der Waals surface area contributed by atoms with Gasteiger partial charge in [0.25, 0.3) is 21.8 Å². The predicted octanol–water partition coefficient (Wildman–Crippen LogP) is 4.28. The Bertz CT molecular complexity index is 1270. The normalized spacial score (nSPS) is 13.5. The van der Waals surface area contributed by atoms with E-state index in [9.17, 15) is 18.0 Å². The van der Waals surface area contributed by atoms with Gasteiger partial charge in [0.15, 0.2) is 0 Å². The lowest BCUT2D eigenvalue weighted by Gasteiger charge is -2.19. The fraction of sp³-hybridized carbons (Fsp3) is 0.200. The second kappa shape index (κ2) is 9.46. The number of rotatable bonds is 6. The van der Waals surface area contributed by atoms with Gasteiger partial charge in [-0.15, -0.1) is 0 Å². The minimum Gasteiger partial charge on any atom is -0.339 e. The summed E-state index contributed by atoms with van der Waals surface area (Å²) in [6.45, 7) is 3.30. The van der Waals surface area contributed by atoms with Gasteiger partial charge in [-0.2, -0.15) is 0 Å². The van der Waals surface area contributed by atoms with Crippen molar-refractivity contribution < 1.29 is 18.0 Å². The summed E-state index contributed by atoms with van der Waals surface area (Å²) in [7, 11) is -3.72. The van der Waals surface area contributed by atoms with Crippen LogP contribution < -0.4 is 10.0 Å². The molecular weight excluding hydrogens is 438 g/mol. The zero-order valence-corrected chi connectivity index (χ0v) is 19.1. The zero-order valence-electron chi connectivity index (χ0n) is 18.2. The molecule has 33 heavy (non-hydrogen) atoms. The number of aryl methyl sites for hydroxylation is 1. The summed E-state index contributed by atoms with van der Waals surface area (Å²) in [6.07, 6.45) is 1.97. The van der Waals surface area contributed by atoms with Crippen LogP contribution in [-0.4, -0.2) is 38.2 Å². The molecule has 0 spiro atoms. The van der Waals surface area contributed by atoms with Crippen molar-refractivity contribution in [1.82, 2.24) is 4.90 Å². The van der Waals surface area contributed by atoms with Crippen LogP contribution in [0, 0.1) is 6.92 Å². The Labute approximate surface area is 193 Å². The lowest BCUT2D eigenvalue weighted by molar-refractivity contribution is 0.0793. The molecule has 0 saturated carbocycles. The number of hydrogen-bond donors (Lipinski definition) is 2. The fourth-order valence-corrected chi connectivity index (χ4v) is 4.91. The number of benzene rings is 3. The molecule has 170 valence electrons. The summed E-state index contributed by atoms with van der Waals surface area (Å²) in [4.78, 5) is 27.8. The third-order valence-electron chi connectivity index (χ3n) is 5.58. The number of carbonyl (C=O) groups excluding carboxylic acids is 2. The van der Waals surface area contributed by atoms with Crippen LogP contribution in [0.25, 0.3) is 0 Å². The van der Waals surface area contributed by atoms with E-state index >= 15 is 0 Å². The van der Waals surface area contributed by atoms with E-state index in [0.29, 0.717) is 22.5 Å². The van der Waals surface area contributed by atoms with Crippen molar-refractivity contribution in [3.8, 4) is 0 Å². The molecule has 8 heteroatoms. The molecule has 0 bridgehead atoms. The smallest absolute Gasteiger partial charge is 0.261 e. The van der Waals surface area contributed by atoms with Crippen LogP contribution in [0.4, 0.5) is 11.4 Å². The highest BCUT2D eigenvalue weighted by molar-refractivity contribution is 7.92. The molecule has 0 radical (unpaired) electrons. The Kier molecular flexibility index (Phi) is 6.46. The maximum absolute atomic E-state index is 13.0. The highest BCUT2D eigenvalue weighted by Crippen LogP contribution is 2.25. The monoisotopic (exact) mass is 463 g/mol. The molecule has 3 aromatic carbocycles. The van der Waals surface area contributed by atoms with Crippen LogP contribution in [0.1, 0.15) is 39.1 Å². The van der Waals surface area contributed by atoms with Crippen molar-refractivity contribution in [3.63, 3.8) is 0 Å². The number of sulfonamides is 1. The van der Waals surface area contributed by atoms with E-state index in [4.69, 9.17) is 0 Å². The molecule has 2 N–H and O–H groups in total. The molecule has 1 saturated heterocycles. The van der Waals surface area contributed by atoms with Crippen molar-refractivity contribution >= 4 is 33.2 Å². The first-order chi connectivity index (χ1) is 15.8. The largest absolute Gasteiger partial charge is 0.339 e. The number of nitrogens with one attached hydrogen (secondary N) is 2. The van der Waals surface area contributed by atoms with E-state index < -0.39 is 10.0 Å². The molecule has 7 nitrogen and oxygen atoms in total. The average Bonchev–Trinajstić information content (AvgIpc) is 3.35. The van der Waals surface area contributed by atoms with E-state index in [1.807, 2.05) is 17.9 Å². The Balaban J connectivity index is 1.50. The van der Waals surface area contributed by atoms with Gasteiger partial charge in [-0.25, -0.2) is 8.42 Å². The van der Waals surface area contributed by atoms with Crippen LogP contribution in [0.3, 0.4) is 0 Å². The van der Waals surface area contributed by atoms with Gasteiger partial charge in [0.05, 0.1) is 16.1 Å². The summed E-state index contributed by atoms with van der Waals surface area (Å²) in [5.41, 5.74) is 2.45. The van der Waals surface area contributed by atoms with Gasteiger partial charge in [0, 0.05) is 24.3 Å². The Morgan fingerprint density at radius 1 is 0.848 bits per heavy atom. The van der Waals surface area contributed by atoms with Crippen molar-refractivity contribution in [3.05, 3.63) is 89.5 Å². The number of amides is 2. The quantitative estimate of drug-likeness (QED) is 0.570. The van der Waals surface area contributed by atoms with Crippen molar-refractivity contribution in [2.45, 2.75) is 24.7 Å². The number of anilines is 2. The van der Waals surface area contributed by atoms with Gasteiger partial charge in [0.1, 0.15) is 0 Å². The van der Waals surface area contributed by atoms with Gasteiger partial charge in [-0.3, -0.25) is 14.3 Å². The van der Waals surface area contributed by atoms with Crippen LogP contribution in [0.5, 0.6) is 0 Å². The third-order valence-corrected chi connectivity index (χ3v) is 6.98. The van der Waals surface area contributed by atoms with E-state index in [1.165, 1.54) is 36.4 Å². The number of likely N-dealkylation sites (tertiary alicyclic amines) is 1. The molecule has 1 aliphatic heterocycles. The molecular formula is C25H25N3O4S. The Hall–Kier alpha value is -3.65. The highest BCUT2D eigenvalue weighted by Gasteiger charge is 2.24. The minimum absolute atomic E-state index is 0.0773. The molecule has 1 heterocycles. The van der Waals surface area contributed by atoms with E-state index in [1.54, 1.807) is 30.3 Å². The number of hydrogen-bond acceptors (Lipinski definition) is 4. The molecule has 0 atom stereocenters. The van der Waals surface area contributed by atoms with Gasteiger partial charge >= 0.3 is 0 Å². The standard InChI is InChI=1S/C25H25N3O4S/c1-18-8-7-11-22(23(18)25(30)28-16-5-6-17-28)26-24(29)19-12-14-20(15-13-19)27-33(31,32)21-9-3-2-4-10-21/h2-4,7-15,27H,5-6,16-17H2,1H3,(H,26,29). The SMILES string of the molecule is Cc1cccc(NC(=O)c2ccc(NS(=O)(=O)c3ccccc3)cc2)c1C(=O)N1CCCC1. The predicted molar refractivity (Wildman–Crippen MR) is 128 cm³/mol. The van der Waals surface area contributed by atoms with Crippen molar-refractivity contribution in [2.75, 3.05) is 23.1 Å². The Morgan fingerprint density at radius 3 is 2.18 bits per heavy atom. The third kappa shape index (κ3) is 5.06. The van der Waals surface area contributed by atoms with Gasteiger partial charge in [-0.1, -0.05) is 30.3 Å². The summed E-state index contributed by atoms with van der Waals surface area (Å²) < 4.78 is 27.5. The van der Waals surface area contributed by atoms with Crippen LogP contribution in [0.15, 0.2) is 77.7 Å². The first-order valence-corrected chi connectivity index (χ1v) is 12.2. The number of nitrogens with zero attached hydrogens (tertiary/aromatic N) is 1. The average molecular weight is 464 g/mol. The molecule has 1 fully saturated rings. The second-order valence-electron chi connectivity index (χ2n) is 7.95. The minimum atomic E-state index is -3.72. The van der Waals surface area contributed by atoms with Gasteiger partial charge < -0.3 is 10.2 Å². The second-order valence-corrected chi connectivity index (χ2v) is 9.63. The van der Waals surface area contributed by atoms with E-state index in [-0.39, 0.29) is 16.7 Å². The lowest BCUT2D eigenvalue weighted by Crippen LogP contribution is -2.29. The number of carbonyl (C=O) groups is 2. The molecule has 4 rings (SSSR count). The van der Waals surface area contributed by atoms with Crippen LogP contribution in [-0.2, 0) is 10.0 Å². The molecule has 0 aromatic heterocycles. The van der Waals surface area contributed by atoms with Crippen molar-refractivity contribution in [1.29, 1.82) is 0 Å². The van der Waals surface area contributed by atoms with E-state index in [0.717, 1.165) is 31.5 Å². The zero-order chi connectivity index (χ0) is 23.4. The molecule has 3 aromatic rings. The Morgan fingerprint density at radius 2 is 1.52 bits per heavy atom. The fourth-order valence-electron chi connectivity index (χ4n) is 3.83. The molecule has 1 aliphatic rings. The molecule has 2 amide bonds. The topological polar surface area (TPSA) is 95.6 Å². The van der Waals surface area contributed by atoms with Crippen molar-refractivity contribution in [2.24, 2.45) is 0 Å². The van der Waals surface area contributed by atoms with Crippen LogP contribution >= 0.6 is 0 Å². The van der Waals surface area contributed by atoms with Gasteiger partial charge in [-0.05, 0) is 67.8 Å². The van der Waals surface area contributed by atoms with Gasteiger partial charge in [0.2, 0.25) is 0 Å². The lowest BCUT2D eigenvalue weighted by atomic mass is 10.0. The first kappa shape index (κ1) is 22.5. The summed E-state index contributed by atoms with van der Waals surface area (Å²) >= 11 is 0. The maximum atomic E-state index is 13.0. The highest BCUT2D eigenvalue weighted by atomic mass is 32.2. The molecule has 0 aliphatic carbocycles. The summed E-state index contributed by atoms with van der Waals surface area (Å²) in [5, 5.41) is 2.84. The first-order valence-electron chi connectivity index (χ1n) is 10.7. The molecule has 0 unspecified atom stereocenters. The summed E-state index contributed by atoms with van der Waals surface area (Å²) in [6, 6.07) is 19.6. The maximum Gasteiger partial charge on any atom is 0.261 e.